The van der Waals surface area contributed by atoms with Crippen molar-refractivity contribution in [1.29, 1.82) is 0 Å². The SMILES string of the molecule is Cc1ccc(/C=C/C(=O)OCC(=O)Nc2ccc(Cl)c(C(F)(F)F)c2)cc1. The van der Waals surface area contributed by atoms with E-state index in [1.807, 2.05) is 31.2 Å². The van der Waals surface area contributed by atoms with Crippen molar-refractivity contribution in [2.24, 2.45) is 0 Å². The van der Waals surface area contributed by atoms with Crippen molar-refractivity contribution < 1.29 is 27.5 Å². The summed E-state index contributed by atoms with van der Waals surface area (Å²) in [5.41, 5.74) is 0.674. The van der Waals surface area contributed by atoms with Gasteiger partial charge in [-0.25, -0.2) is 4.79 Å². The van der Waals surface area contributed by atoms with Gasteiger partial charge in [0.15, 0.2) is 6.61 Å². The zero-order valence-electron chi connectivity index (χ0n) is 14.1. The van der Waals surface area contributed by atoms with E-state index in [1.54, 1.807) is 0 Å². The van der Waals surface area contributed by atoms with Crippen molar-refractivity contribution in [1.82, 2.24) is 0 Å². The number of ether oxygens (including phenoxy) is 1. The number of carbonyl (C=O) groups is 2. The van der Waals surface area contributed by atoms with Gasteiger partial charge in [0, 0.05) is 11.8 Å². The molecule has 0 aliphatic carbocycles. The van der Waals surface area contributed by atoms with Crippen LogP contribution in [0.25, 0.3) is 6.08 Å². The maximum Gasteiger partial charge on any atom is 0.417 e. The molecule has 0 heterocycles. The molecule has 0 spiro atoms. The summed E-state index contributed by atoms with van der Waals surface area (Å²) in [5.74, 6) is -1.53. The number of nitrogens with one attached hydrogen (secondary N) is 1. The van der Waals surface area contributed by atoms with Crippen LogP contribution in [-0.2, 0) is 20.5 Å². The standard InChI is InChI=1S/C19H15ClF3NO3/c1-12-2-4-13(5-3-12)6-9-18(26)27-11-17(25)24-14-7-8-16(20)15(10-14)19(21,22)23/h2-10H,11H2,1H3,(H,24,25)/b9-6+. The number of benzene rings is 2. The average molecular weight is 398 g/mol. The molecule has 0 fully saturated rings. The summed E-state index contributed by atoms with van der Waals surface area (Å²) in [4.78, 5) is 23.4. The summed E-state index contributed by atoms with van der Waals surface area (Å²) < 4.78 is 43.1. The van der Waals surface area contributed by atoms with E-state index in [0.717, 1.165) is 23.3 Å². The molecular weight excluding hydrogens is 383 g/mol. The van der Waals surface area contributed by atoms with Gasteiger partial charge in [-0.2, -0.15) is 13.2 Å². The van der Waals surface area contributed by atoms with Gasteiger partial charge in [0.05, 0.1) is 10.6 Å². The molecule has 4 nitrogen and oxygen atoms in total. The monoisotopic (exact) mass is 397 g/mol. The quantitative estimate of drug-likeness (QED) is 0.579. The van der Waals surface area contributed by atoms with Crippen molar-refractivity contribution in [3.63, 3.8) is 0 Å². The molecule has 0 aromatic heterocycles. The van der Waals surface area contributed by atoms with Crippen LogP contribution in [0.5, 0.6) is 0 Å². The fourth-order valence-corrected chi connectivity index (χ4v) is 2.27. The highest BCUT2D eigenvalue weighted by Gasteiger charge is 2.33. The predicted molar refractivity (Wildman–Crippen MR) is 96.3 cm³/mol. The van der Waals surface area contributed by atoms with Crippen molar-refractivity contribution in [2.45, 2.75) is 13.1 Å². The summed E-state index contributed by atoms with van der Waals surface area (Å²) in [6.45, 7) is 1.29. The first-order chi connectivity index (χ1) is 12.6. The van der Waals surface area contributed by atoms with Crippen LogP contribution >= 0.6 is 11.6 Å². The number of alkyl halides is 3. The van der Waals surface area contributed by atoms with Gasteiger partial charge in [0.25, 0.3) is 5.91 Å². The third-order valence-electron chi connectivity index (χ3n) is 3.39. The zero-order valence-corrected chi connectivity index (χ0v) is 14.9. The van der Waals surface area contributed by atoms with Gasteiger partial charge in [-0.3, -0.25) is 4.79 Å². The Morgan fingerprint density at radius 3 is 2.44 bits per heavy atom. The first-order valence-corrected chi connectivity index (χ1v) is 8.11. The number of halogens is 4. The minimum atomic E-state index is -4.65. The Hall–Kier alpha value is -2.80. The molecule has 0 saturated carbocycles. The summed E-state index contributed by atoms with van der Waals surface area (Å²) in [5, 5.41) is 1.74. The normalized spacial score (nSPS) is 11.4. The molecule has 0 atom stereocenters. The Morgan fingerprint density at radius 2 is 1.81 bits per heavy atom. The maximum atomic E-state index is 12.8. The Morgan fingerprint density at radius 1 is 1.15 bits per heavy atom. The Balaban J connectivity index is 1.89. The number of carbonyl (C=O) groups excluding carboxylic acids is 2. The van der Waals surface area contributed by atoms with E-state index >= 15 is 0 Å². The number of rotatable bonds is 5. The molecule has 1 N–H and O–H groups in total. The molecule has 2 aromatic carbocycles. The van der Waals surface area contributed by atoms with Crippen LogP contribution in [-0.4, -0.2) is 18.5 Å². The second-order valence-electron chi connectivity index (χ2n) is 5.59. The number of esters is 1. The minimum Gasteiger partial charge on any atom is -0.452 e. The summed E-state index contributed by atoms with van der Waals surface area (Å²) >= 11 is 5.50. The molecule has 0 radical (unpaired) electrons. The topological polar surface area (TPSA) is 55.4 Å². The largest absolute Gasteiger partial charge is 0.452 e. The van der Waals surface area contributed by atoms with Crippen LogP contribution in [0.1, 0.15) is 16.7 Å². The van der Waals surface area contributed by atoms with E-state index < -0.39 is 35.2 Å². The molecule has 1 amide bonds. The van der Waals surface area contributed by atoms with E-state index in [-0.39, 0.29) is 5.69 Å². The molecule has 142 valence electrons. The van der Waals surface area contributed by atoms with Gasteiger partial charge >= 0.3 is 12.1 Å². The third-order valence-corrected chi connectivity index (χ3v) is 3.72. The maximum absolute atomic E-state index is 12.8. The lowest BCUT2D eigenvalue weighted by Gasteiger charge is -2.11. The molecule has 2 aromatic rings. The highest BCUT2D eigenvalue weighted by atomic mass is 35.5. The smallest absolute Gasteiger partial charge is 0.417 e. The van der Waals surface area contributed by atoms with E-state index in [0.29, 0.717) is 6.07 Å². The summed E-state index contributed by atoms with van der Waals surface area (Å²) in [6, 6.07) is 10.3. The molecule has 27 heavy (non-hydrogen) atoms. The van der Waals surface area contributed by atoms with Crippen molar-refractivity contribution in [2.75, 3.05) is 11.9 Å². The number of hydrogen-bond acceptors (Lipinski definition) is 3. The summed E-state index contributed by atoms with van der Waals surface area (Å²) in [6.07, 6.45) is -1.97. The fourth-order valence-electron chi connectivity index (χ4n) is 2.04. The highest BCUT2D eigenvalue weighted by Crippen LogP contribution is 2.36. The number of amides is 1. The highest BCUT2D eigenvalue weighted by molar-refractivity contribution is 6.31. The van der Waals surface area contributed by atoms with Crippen molar-refractivity contribution in [3.8, 4) is 0 Å². The third kappa shape index (κ3) is 6.45. The minimum absolute atomic E-state index is 0.108. The number of aryl methyl sites for hydroxylation is 1. The lowest BCUT2D eigenvalue weighted by molar-refractivity contribution is -0.142. The van der Waals surface area contributed by atoms with Gasteiger partial charge in [0.2, 0.25) is 0 Å². The zero-order chi connectivity index (χ0) is 20.0. The molecule has 0 bridgehead atoms. The van der Waals surface area contributed by atoms with Gasteiger partial charge in [-0.15, -0.1) is 0 Å². The molecule has 2 rings (SSSR count). The van der Waals surface area contributed by atoms with E-state index in [2.05, 4.69) is 5.32 Å². The van der Waals surface area contributed by atoms with E-state index in [1.165, 1.54) is 12.1 Å². The Labute approximate surface area is 158 Å². The van der Waals surface area contributed by atoms with Gasteiger partial charge in [-0.05, 0) is 36.8 Å². The molecule has 0 aliphatic rings. The van der Waals surface area contributed by atoms with Gasteiger partial charge < -0.3 is 10.1 Å². The van der Waals surface area contributed by atoms with Crippen LogP contribution in [0, 0.1) is 6.92 Å². The van der Waals surface area contributed by atoms with E-state index in [4.69, 9.17) is 16.3 Å². The number of anilines is 1. The van der Waals surface area contributed by atoms with Crippen LogP contribution in [0.4, 0.5) is 18.9 Å². The lowest BCUT2D eigenvalue weighted by Crippen LogP contribution is -2.20. The second-order valence-corrected chi connectivity index (χ2v) is 6.00. The second kappa shape index (κ2) is 8.73. The molecule has 0 aliphatic heterocycles. The number of hydrogen-bond donors (Lipinski definition) is 1. The predicted octanol–water partition coefficient (Wildman–Crippen LogP) is 4.86. The first-order valence-electron chi connectivity index (χ1n) is 7.73. The Kier molecular flexibility index (Phi) is 6.63. The Bertz CT molecular complexity index is 861. The molecule has 8 heteroatoms. The average Bonchev–Trinajstić information content (AvgIpc) is 2.60. The van der Waals surface area contributed by atoms with Crippen molar-refractivity contribution in [3.05, 3.63) is 70.3 Å². The van der Waals surface area contributed by atoms with E-state index in [9.17, 15) is 22.8 Å². The van der Waals surface area contributed by atoms with Gasteiger partial charge in [-0.1, -0.05) is 41.4 Å². The van der Waals surface area contributed by atoms with Crippen LogP contribution in [0.15, 0.2) is 48.5 Å². The van der Waals surface area contributed by atoms with Crippen LogP contribution in [0.3, 0.4) is 0 Å². The summed E-state index contributed by atoms with van der Waals surface area (Å²) in [7, 11) is 0. The van der Waals surface area contributed by atoms with Crippen LogP contribution < -0.4 is 5.32 Å². The molecular formula is C19H15ClF3NO3. The first kappa shape index (κ1) is 20.5. The van der Waals surface area contributed by atoms with Crippen LogP contribution in [0.2, 0.25) is 5.02 Å². The fraction of sp³-hybridized carbons (Fsp3) is 0.158. The van der Waals surface area contributed by atoms with Gasteiger partial charge in [0.1, 0.15) is 0 Å². The lowest BCUT2D eigenvalue weighted by atomic mass is 10.1. The molecule has 0 unspecified atom stereocenters. The van der Waals surface area contributed by atoms with Crippen molar-refractivity contribution >= 4 is 35.2 Å². The molecule has 0 saturated heterocycles.